The number of fused-ring (bicyclic) bond motifs is 2. The Morgan fingerprint density at radius 3 is 1.36 bits per heavy atom. The highest BCUT2D eigenvalue weighted by Crippen LogP contribution is 2.50. The van der Waals surface area contributed by atoms with Gasteiger partial charge in [-0.1, -0.05) is 83.4 Å². The molecule has 109 heavy (non-hydrogen) atoms. The van der Waals surface area contributed by atoms with Gasteiger partial charge in [-0.25, -0.2) is 50.6 Å². The number of imidazole rings is 2. The number of hydrogen-bond acceptors (Lipinski definition) is 27. The second-order valence-corrected chi connectivity index (χ2v) is 28.7. The van der Waals surface area contributed by atoms with Gasteiger partial charge < -0.3 is 68.8 Å². The van der Waals surface area contributed by atoms with Gasteiger partial charge in [0.2, 0.25) is 46.7 Å². The predicted molar refractivity (Wildman–Crippen MR) is 381 cm³/mol. The number of carbonyl (C=O) groups is 4. The lowest BCUT2D eigenvalue weighted by Gasteiger charge is -2.25. The molecule has 0 radical (unpaired) electrons. The van der Waals surface area contributed by atoms with E-state index >= 15 is 8.78 Å². The fourth-order valence-corrected chi connectivity index (χ4v) is 13.4. The number of carbonyl (C=O) groups excluding carboxylic acids is 4. The number of aliphatic hydroxyl groups is 3. The van der Waals surface area contributed by atoms with Gasteiger partial charge in [-0.15, -0.1) is 0 Å². The van der Waals surface area contributed by atoms with Crippen LogP contribution >= 0.6 is 15.5 Å². The summed E-state index contributed by atoms with van der Waals surface area (Å²) in [6.07, 6.45) is -3.28. The maximum atomic E-state index is 16.3. The Kier molecular flexibility index (Phi) is 31.4. The van der Waals surface area contributed by atoms with Crippen molar-refractivity contribution in [3.63, 3.8) is 0 Å². The van der Waals surface area contributed by atoms with Crippen LogP contribution in [-0.2, 0) is 51.7 Å². The van der Waals surface area contributed by atoms with E-state index in [9.17, 15) is 65.6 Å². The van der Waals surface area contributed by atoms with Crippen LogP contribution < -0.4 is 45.0 Å². The van der Waals surface area contributed by atoms with E-state index < -0.39 is 160 Å². The summed E-state index contributed by atoms with van der Waals surface area (Å²) in [6, 6.07) is 12.6. The zero-order valence-corrected chi connectivity index (χ0v) is 62.6. The fraction of sp³-hybridized carbons (Fsp3) is 0.522. The van der Waals surface area contributed by atoms with Crippen molar-refractivity contribution < 1.29 is 121 Å². The number of para-hydroxylation sites is 2. The smallest absolute Gasteiger partial charge is 0.462 e. The average molecular weight is 1590 g/mol. The number of alkyl halides is 2. The molecule has 602 valence electrons. The van der Waals surface area contributed by atoms with Gasteiger partial charge in [0.1, 0.15) is 48.0 Å². The molecule has 0 aliphatic carbocycles. The number of nitrogens with one attached hydrogen (secondary N) is 2. The minimum absolute atomic E-state index is 0. The molecule has 3 aromatic carbocycles. The zero-order valence-electron chi connectivity index (χ0n) is 60.8. The van der Waals surface area contributed by atoms with Gasteiger partial charge in [0.15, 0.2) is 57.8 Å². The lowest BCUT2D eigenvalue weighted by Crippen LogP contribution is -2.41. The van der Waals surface area contributed by atoms with Crippen LogP contribution in [0.2, 0.25) is 0 Å². The lowest BCUT2D eigenvalue weighted by atomic mass is 9.98. The van der Waals surface area contributed by atoms with Crippen molar-refractivity contribution in [1.82, 2.24) is 49.2 Å². The number of ether oxygens (including phenoxy) is 6. The molecule has 33 nitrogen and oxygen atoms in total. The predicted octanol–water partition coefficient (Wildman–Crippen LogP) is 11.0. The molecule has 4 aromatic heterocycles. The Balaban J connectivity index is 0.000000266. The van der Waals surface area contributed by atoms with Gasteiger partial charge >= 0.3 is 39.6 Å². The first kappa shape index (κ1) is 88.8. The molecule has 0 unspecified atom stereocenters. The number of anilines is 4. The van der Waals surface area contributed by atoms with E-state index in [0.29, 0.717) is 6.42 Å². The van der Waals surface area contributed by atoms with Crippen molar-refractivity contribution >= 4 is 85.5 Å². The van der Waals surface area contributed by atoms with E-state index in [0.717, 1.165) is 55.8 Å². The average Bonchev–Trinajstić information content (AvgIpc) is 1.60. The molecule has 7 aromatic rings. The minimum Gasteiger partial charge on any atom is -0.462 e. The third-order valence-electron chi connectivity index (χ3n) is 15.9. The third-order valence-corrected chi connectivity index (χ3v) is 19.2. The Hall–Kier alpha value is -9.11. The summed E-state index contributed by atoms with van der Waals surface area (Å²) in [5.74, 6) is -15.5. The van der Waals surface area contributed by atoms with Gasteiger partial charge in [0.05, 0.1) is 51.3 Å². The molecule has 6 heterocycles. The van der Waals surface area contributed by atoms with Crippen molar-refractivity contribution in [2.75, 3.05) is 61.8 Å². The highest BCUT2D eigenvalue weighted by atomic mass is 31.2. The van der Waals surface area contributed by atoms with Gasteiger partial charge in [0, 0.05) is 14.1 Å². The van der Waals surface area contributed by atoms with Crippen molar-refractivity contribution in [2.45, 2.75) is 188 Å². The lowest BCUT2D eigenvalue weighted by molar-refractivity contribution is -0.150. The summed E-state index contributed by atoms with van der Waals surface area (Å²) in [6.45, 7) is 14.6. The standard InChI is InChI=1S/C30H43FN7O9P.C18H17F5NO5P.C18H27FN6O5.CH4/c1-7-8-12-15-43-29(41)37(6)24-22-25(35-28(32)34-24)38(17-33-22)27-30(5,31)23(39)21(46-27)16-44-48(42,47-20-13-10-9-11-14-20)36-19(4)26(40)45-18(2)3;1-9(2)27-18(25)10(3)24-30(26,28-11-7-5-4-6-8-11)29-17-15(22)13(20)12(19)14(21)16(17)23;1-4-5-6-7-29-17(28)24(3)13-11-14(23-16(20)22-13)25(9-21-11)15-18(2,19)12(27)10(8-26)30-15;/h9-11,13-14,17-19,21,23,27,39H,7-8,12,15-16H2,1-6H3,(H,36,42)(H2,32,34,35);4-10H,1-3H3,(H,24,26);9-10,12,15,26-27H,4-8H2,1-3H3,(H2,20,22,23);1H4/t19-,21+,23+,27+,30+,48-;10-,30-;10-,12-,15-,18-;/m001./s1. The summed E-state index contributed by atoms with van der Waals surface area (Å²) in [5, 5.41) is 35.1. The van der Waals surface area contributed by atoms with E-state index in [2.05, 4.69) is 44.6 Å². The molecule has 2 fully saturated rings. The number of halogens is 7. The summed E-state index contributed by atoms with van der Waals surface area (Å²) in [5.41, 5.74) is 7.49. The Morgan fingerprint density at radius 1 is 0.596 bits per heavy atom. The van der Waals surface area contributed by atoms with Crippen LogP contribution in [0.3, 0.4) is 0 Å². The van der Waals surface area contributed by atoms with Crippen LogP contribution in [0.1, 0.15) is 128 Å². The van der Waals surface area contributed by atoms with Gasteiger partial charge in [-0.2, -0.15) is 38.9 Å². The van der Waals surface area contributed by atoms with Crippen molar-refractivity contribution in [1.29, 1.82) is 0 Å². The van der Waals surface area contributed by atoms with Crippen LogP contribution in [0.4, 0.5) is 63.9 Å². The molecule has 12 atom stereocenters. The molecular formula is C67H91F7N14O19P2. The second kappa shape index (κ2) is 38.5. The van der Waals surface area contributed by atoms with Crippen molar-refractivity contribution in [3.05, 3.63) is 102 Å². The number of esters is 2. The van der Waals surface area contributed by atoms with E-state index in [1.165, 1.54) is 100.0 Å². The number of benzene rings is 3. The number of unbranched alkanes of at least 4 members (excludes halogenated alkanes) is 4. The van der Waals surface area contributed by atoms with Crippen molar-refractivity contribution in [3.8, 4) is 17.2 Å². The van der Waals surface area contributed by atoms with Gasteiger partial charge in [-0.3, -0.25) is 33.0 Å². The molecule has 2 aliphatic heterocycles. The summed E-state index contributed by atoms with van der Waals surface area (Å²) >= 11 is 0. The first-order valence-corrected chi connectivity index (χ1v) is 36.9. The SMILES string of the molecule is C.CC(C)OC(=O)[C@H](C)N[P@](=O)(Oc1ccccc1)Oc1c(F)c(F)c(F)c(F)c1F.CCCCCOC(=O)N(C)c1nc(N)nc2c1ncn2[C@@H]1O[C@H](CO)[C@@H](O)[C@@]1(C)F.CCCCCOC(=O)N(C)c1nc(N)nc2c1ncn2[C@@H]1O[C@H](CO[P@@](=O)(N[C@@H](C)C(=O)OC(C)C)Oc2ccccc2)[C@@H](O)[C@@]1(C)F. The van der Waals surface area contributed by atoms with E-state index in [4.69, 9.17) is 53.5 Å². The van der Waals surface area contributed by atoms with Crippen LogP contribution in [-0.4, -0.2) is 179 Å². The highest BCUT2D eigenvalue weighted by Gasteiger charge is 2.57. The molecule has 2 aliphatic rings. The van der Waals surface area contributed by atoms with E-state index in [1.807, 2.05) is 13.8 Å². The zero-order chi connectivity index (χ0) is 79.9. The monoisotopic (exact) mass is 1590 g/mol. The number of amides is 2. The van der Waals surface area contributed by atoms with Crippen LogP contribution in [0.25, 0.3) is 22.3 Å². The van der Waals surface area contributed by atoms with E-state index in [1.54, 1.807) is 38.1 Å². The Bertz CT molecular complexity index is 4300. The number of nitrogen functional groups attached to an aromatic ring is 2. The Labute approximate surface area is 622 Å². The molecule has 9 rings (SSSR count). The maximum Gasteiger partial charge on any atom is 0.513 e. The first-order valence-electron chi connectivity index (χ1n) is 33.8. The maximum absolute atomic E-state index is 16.3. The summed E-state index contributed by atoms with van der Waals surface area (Å²) in [7, 11) is -6.38. The van der Waals surface area contributed by atoms with Gasteiger partial charge in [0.25, 0.3) is 0 Å². The molecule has 2 amide bonds. The highest BCUT2D eigenvalue weighted by molar-refractivity contribution is 7.52. The van der Waals surface area contributed by atoms with Gasteiger partial charge in [-0.05, 0) is 92.5 Å². The third kappa shape index (κ3) is 21.9. The minimum atomic E-state index is -4.91. The Morgan fingerprint density at radius 2 is 0.972 bits per heavy atom. The van der Waals surface area contributed by atoms with Crippen molar-refractivity contribution in [2.24, 2.45) is 0 Å². The number of nitrogens with zero attached hydrogens (tertiary/aromatic N) is 10. The van der Waals surface area contributed by atoms with E-state index in [-0.39, 0.29) is 78.0 Å². The molecule has 0 spiro atoms. The number of rotatable bonds is 30. The topological polar surface area (TPSA) is 425 Å². The number of aliphatic hydroxyl groups excluding tert-OH is 3. The van der Waals surface area contributed by atoms with Crippen LogP contribution in [0, 0.1) is 29.1 Å². The number of nitrogens with two attached hydrogens (primary N) is 2. The second-order valence-electron chi connectivity index (χ2n) is 25.4. The molecule has 2 saturated heterocycles. The quantitative estimate of drug-likeness (QED) is 0.00418. The summed E-state index contributed by atoms with van der Waals surface area (Å²) < 4.78 is 182. The first-order chi connectivity index (χ1) is 50.8. The largest absolute Gasteiger partial charge is 0.513 e. The van der Waals surface area contributed by atoms with Crippen LogP contribution in [0.5, 0.6) is 17.2 Å². The molecular weight excluding hydrogens is 1500 g/mol. The fourth-order valence-electron chi connectivity index (χ4n) is 10.4. The van der Waals surface area contributed by atoms with Crippen LogP contribution in [0.15, 0.2) is 73.3 Å². The molecule has 42 heteroatoms. The number of hydrogen-bond donors (Lipinski definition) is 7. The summed E-state index contributed by atoms with van der Waals surface area (Å²) in [4.78, 5) is 76.8. The molecule has 0 bridgehead atoms. The molecule has 9 N–H and O–H groups in total. The normalized spacial score (nSPS) is 21.1. The number of aromatic nitrogens is 8. The molecule has 0 saturated carbocycles.